The van der Waals surface area contributed by atoms with Crippen LogP contribution in [0.1, 0.15) is 210 Å². The Kier molecular flexibility index (Phi) is 33.4. The molecule has 1 unspecified atom stereocenters. The molecule has 0 aromatic heterocycles. The second-order valence-corrected chi connectivity index (χ2v) is 28.2. The first-order valence-corrected chi connectivity index (χ1v) is 35.4. The number of hydrogen-bond donors (Lipinski definition) is 4. The number of unbranched alkanes of at least 4 members (excludes halogenated alkanes) is 10. The number of carbonyl (C=O) groups excluding carboxylic acids is 10. The molecule has 21 nitrogen and oxygen atoms in total. The summed E-state index contributed by atoms with van der Waals surface area (Å²) in [5.41, 5.74) is -0.663. The lowest BCUT2D eigenvalue weighted by Crippen LogP contribution is -2.64. The first-order valence-electron chi connectivity index (χ1n) is 35.4. The number of ether oxygens (including phenoxy) is 2. The van der Waals surface area contributed by atoms with E-state index < -0.39 is 143 Å². The molecule has 2 aromatic carbocycles. The van der Waals surface area contributed by atoms with E-state index in [0.717, 1.165) is 35.5 Å². The fraction of sp³-hybridized carbons (Fsp3) is 0.703. The Bertz CT molecular complexity index is 2800. The summed E-state index contributed by atoms with van der Waals surface area (Å²) >= 11 is 0. The van der Waals surface area contributed by atoms with E-state index in [4.69, 9.17) is 9.47 Å². The average Bonchev–Trinajstić information content (AvgIpc) is 1.66. The lowest BCUT2D eigenvalue weighted by Gasteiger charge is -2.40. The van der Waals surface area contributed by atoms with Gasteiger partial charge in [0.15, 0.2) is 12.1 Å². The van der Waals surface area contributed by atoms with E-state index in [1.165, 1.54) is 95.3 Å². The summed E-state index contributed by atoms with van der Waals surface area (Å²) in [7, 11) is 5.54. The van der Waals surface area contributed by atoms with Gasteiger partial charge in [-0.3, -0.25) is 43.2 Å². The highest BCUT2D eigenvalue weighted by Crippen LogP contribution is 2.28. The molecule has 2 aliphatic rings. The molecular formula is C74H118N8O13. The molecule has 8 amide bonds. The van der Waals surface area contributed by atoms with Crippen LogP contribution in [0.15, 0.2) is 60.7 Å². The van der Waals surface area contributed by atoms with Gasteiger partial charge in [0.2, 0.25) is 41.4 Å². The van der Waals surface area contributed by atoms with Gasteiger partial charge in [-0.2, -0.15) is 0 Å². The van der Waals surface area contributed by atoms with Gasteiger partial charge >= 0.3 is 11.9 Å². The van der Waals surface area contributed by atoms with Crippen molar-refractivity contribution in [2.24, 2.45) is 23.7 Å². The number of carbonyl (C=O) groups is 10. The number of rotatable bonds is 27. The molecule has 0 bridgehead atoms. The zero-order chi connectivity index (χ0) is 70.9. The summed E-state index contributed by atoms with van der Waals surface area (Å²) in [5, 5.41) is 20.7. The van der Waals surface area contributed by atoms with E-state index in [1.807, 2.05) is 57.2 Å². The van der Waals surface area contributed by atoms with Crippen LogP contribution >= 0.6 is 0 Å². The summed E-state index contributed by atoms with van der Waals surface area (Å²) in [5.74, 6) is -9.64. The van der Waals surface area contributed by atoms with Crippen LogP contribution in [0.2, 0.25) is 0 Å². The van der Waals surface area contributed by atoms with Gasteiger partial charge in [0.05, 0.1) is 5.60 Å². The van der Waals surface area contributed by atoms with E-state index in [1.54, 1.807) is 65.8 Å². The van der Waals surface area contributed by atoms with Crippen molar-refractivity contribution >= 4 is 59.2 Å². The minimum absolute atomic E-state index is 0.0122. The van der Waals surface area contributed by atoms with Crippen molar-refractivity contribution in [3.63, 3.8) is 0 Å². The average molecular weight is 1330 g/mol. The number of nitrogens with zero attached hydrogens (tertiary/aromatic N) is 5. The summed E-state index contributed by atoms with van der Waals surface area (Å²) in [6, 6.07) is 7.04. The molecule has 4 N–H and O–H groups in total. The zero-order valence-corrected chi connectivity index (χ0v) is 60.3. The van der Waals surface area contributed by atoms with Gasteiger partial charge < -0.3 is 55.0 Å². The van der Waals surface area contributed by atoms with Crippen molar-refractivity contribution in [1.82, 2.24) is 40.4 Å². The number of benzene rings is 2. The number of nitrogens with one attached hydrogen (secondary N) is 3. The maximum atomic E-state index is 15.5. The van der Waals surface area contributed by atoms with Crippen LogP contribution in [0.3, 0.4) is 0 Å². The van der Waals surface area contributed by atoms with Crippen molar-refractivity contribution in [3.05, 3.63) is 71.8 Å². The third-order valence-corrected chi connectivity index (χ3v) is 19.2. The van der Waals surface area contributed by atoms with Crippen molar-refractivity contribution in [2.75, 3.05) is 34.7 Å². The molecule has 0 spiro atoms. The number of fused-ring (bicyclic) bond motifs is 1. The molecule has 2 heterocycles. The Morgan fingerprint density at radius 2 is 1.08 bits per heavy atom. The largest absolute Gasteiger partial charge is 0.460 e. The third kappa shape index (κ3) is 23.4. The summed E-state index contributed by atoms with van der Waals surface area (Å²) < 4.78 is 12.4. The number of hydrogen-bond acceptors (Lipinski definition) is 13. The highest BCUT2D eigenvalue weighted by Gasteiger charge is 2.49. The molecule has 0 aliphatic carbocycles. The van der Waals surface area contributed by atoms with Crippen LogP contribution in [-0.4, -0.2) is 190 Å². The summed E-state index contributed by atoms with van der Waals surface area (Å²) in [4.78, 5) is 157. The Balaban J connectivity index is 1.94. The lowest BCUT2D eigenvalue weighted by atomic mass is 9.94. The van der Waals surface area contributed by atoms with Crippen LogP contribution in [0.4, 0.5) is 0 Å². The minimum Gasteiger partial charge on any atom is -0.460 e. The van der Waals surface area contributed by atoms with Crippen LogP contribution in [0, 0.1) is 23.7 Å². The molecule has 2 saturated heterocycles. The van der Waals surface area contributed by atoms with Gasteiger partial charge in [0.25, 0.3) is 5.91 Å². The molecule has 4 rings (SSSR count). The van der Waals surface area contributed by atoms with Gasteiger partial charge in [-0.1, -0.05) is 201 Å². The molecule has 2 aliphatic heterocycles. The SMILES string of the molecule is CCCCCCCCCCCCCC(=O)OC(CC)[C@H]1C(=O)N[C@@H](CC(C)C)C(=O)N(C)[C@@H](C(C)(C)O)C(=O)O[C@@H]([C@H](C)CC)C(=O)N(C)[C@@H](C(C)C)C(=O)N[C@@H](Cc2ccccc2)C(=O)N(C)[C@@H](Cc2ccccc2)C(=O)N2CCC[C@H]2C(=O)N[C@H]([C@H](C)CC)C(=O)N1C. The molecule has 12 atom stereocenters. The fourth-order valence-corrected chi connectivity index (χ4v) is 13.2. The Hall–Kier alpha value is -6.90. The summed E-state index contributed by atoms with van der Waals surface area (Å²) in [6.45, 7) is 20.8. The number of likely N-dealkylation sites (N-methyl/N-ethyl adjacent to an activating group) is 4. The number of esters is 2. The topological polar surface area (TPSA) is 262 Å². The van der Waals surface area contributed by atoms with E-state index >= 15 is 38.4 Å². The van der Waals surface area contributed by atoms with Gasteiger partial charge in [-0.25, -0.2) is 4.79 Å². The third-order valence-electron chi connectivity index (χ3n) is 19.2. The van der Waals surface area contributed by atoms with Crippen molar-refractivity contribution < 1.29 is 62.5 Å². The van der Waals surface area contributed by atoms with E-state index in [0.29, 0.717) is 36.8 Å². The Morgan fingerprint density at radius 3 is 1.60 bits per heavy atom. The van der Waals surface area contributed by atoms with E-state index in [9.17, 15) is 14.7 Å². The van der Waals surface area contributed by atoms with Crippen LogP contribution in [-0.2, 0) is 70.3 Å². The molecule has 2 fully saturated rings. The molecule has 95 heavy (non-hydrogen) atoms. The smallest absolute Gasteiger partial charge is 0.332 e. The zero-order valence-electron chi connectivity index (χ0n) is 60.3. The second-order valence-electron chi connectivity index (χ2n) is 28.2. The predicted octanol–water partition coefficient (Wildman–Crippen LogP) is 8.74. The van der Waals surface area contributed by atoms with Crippen LogP contribution in [0.25, 0.3) is 0 Å². The quantitative estimate of drug-likeness (QED) is 0.0482. The first-order chi connectivity index (χ1) is 44.9. The molecule has 21 heteroatoms. The molecule has 0 radical (unpaired) electrons. The Labute approximate surface area is 567 Å². The van der Waals surface area contributed by atoms with Crippen LogP contribution in [0.5, 0.6) is 0 Å². The number of amides is 8. The van der Waals surface area contributed by atoms with Crippen molar-refractivity contribution in [3.8, 4) is 0 Å². The van der Waals surface area contributed by atoms with Gasteiger partial charge in [0.1, 0.15) is 48.4 Å². The van der Waals surface area contributed by atoms with Gasteiger partial charge in [-0.15, -0.1) is 0 Å². The second kappa shape index (κ2) is 39.3. The lowest BCUT2D eigenvalue weighted by molar-refractivity contribution is -0.177. The fourth-order valence-electron chi connectivity index (χ4n) is 13.2. The molecule has 532 valence electrons. The Morgan fingerprint density at radius 1 is 0.579 bits per heavy atom. The van der Waals surface area contributed by atoms with Gasteiger partial charge in [0, 0.05) is 59.9 Å². The maximum absolute atomic E-state index is 15.5. The van der Waals surface area contributed by atoms with E-state index in [-0.39, 0.29) is 51.0 Å². The number of cyclic esters (lactones) is 1. The molecule has 0 saturated carbocycles. The van der Waals surface area contributed by atoms with E-state index in [2.05, 4.69) is 22.9 Å². The first kappa shape index (κ1) is 80.5. The van der Waals surface area contributed by atoms with Gasteiger partial charge in [-0.05, 0) is 81.3 Å². The maximum Gasteiger partial charge on any atom is 0.332 e. The minimum atomic E-state index is -2.04. The van der Waals surface area contributed by atoms with Crippen molar-refractivity contribution in [1.29, 1.82) is 0 Å². The normalized spacial score (nSPS) is 24.3. The highest BCUT2D eigenvalue weighted by atomic mass is 16.6. The highest BCUT2D eigenvalue weighted by molar-refractivity contribution is 5.99. The molecular weight excluding hydrogens is 1210 g/mol. The summed E-state index contributed by atoms with van der Waals surface area (Å²) in [6.07, 6.45) is 10.2. The standard InChI is InChI=1S/C74H118N8O13/c1-17-21-22-23-24-25-26-27-28-29-36-43-59(83)94-58(20-4)62-67(86)75-54(45-48(5)6)69(88)81(16)64(74(11,12)93)73(92)95-63(51(10)19-3)72(91)79(14)61(49(7)8)66(85)76-55(46-52-38-32-30-33-39-52)68(87)78(13)57(47-53-40-34-31-35-41-53)70(89)82-44-37-42-56(82)65(84)77-60(50(9)18-2)71(90)80(62)15/h30-35,38-41,48-51,54-58,60-64,93H,17-29,36-37,42-47H2,1-16H3,(H,75,86)(H,76,85)(H,77,84)/t50-,51-,54+,55+,56+,57+,58?,60-,61+,62+,63+,64-/m1/s1. The van der Waals surface area contributed by atoms with Crippen LogP contribution < -0.4 is 16.0 Å². The molecule has 2 aromatic rings. The van der Waals surface area contributed by atoms with Crippen molar-refractivity contribution in [2.45, 2.75) is 278 Å². The monoisotopic (exact) mass is 1330 g/mol. The predicted molar refractivity (Wildman–Crippen MR) is 368 cm³/mol. The number of aliphatic hydroxyl groups is 1.